The van der Waals surface area contributed by atoms with Gasteiger partial charge in [-0.3, -0.25) is 0 Å². The third-order valence-corrected chi connectivity index (χ3v) is 10.3. The second-order valence-corrected chi connectivity index (χ2v) is 16.0. The van der Waals surface area contributed by atoms with Crippen molar-refractivity contribution >= 4 is 0 Å². The largest absolute Gasteiger partial charge is 0.324 e. The molecule has 0 bridgehead atoms. The number of unbranched alkanes of at least 4 members (excludes halogenated alkanes) is 21. The van der Waals surface area contributed by atoms with Crippen molar-refractivity contribution in [2.24, 2.45) is 0 Å². The van der Waals surface area contributed by atoms with Crippen LogP contribution in [0, 0.1) is 0 Å². The number of hydrogen-bond donors (Lipinski definition) is 0. The highest BCUT2D eigenvalue weighted by atomic mass is 15.4. The maximum atomic E-state index is 2.61. The molecule has 0 saturated carbocycles. The summed E-state index contributed by atoms with van der Waals surface area (Å²) in [6.07, 6.45) is 34.3. The number of quaternary nitrogens is 3. The predicted octanol–water partition coefficient (Wildman–Crippen LogP) is 11.0. The van der Waals surface area contributed by atoms with E-state index in [9.17, 15) is 0 Å². The summed E-state index contributed by atoms with van der Waals surface area (Å²) in [5.41, 5.74) is 0. The molecule has 0 rings (SSSR count). The Hall–Kier alpha value is -0.120. The zero-order valence-electron chi connectivity index (χ0n) is 31.3. The van der Waals surface area contributed by atoms with E-state index in [0.717, 1.165) is 0 Å². The van der Waals surface area contributed by atoms with Crippen LogP contribution in [-0.4, -0.2) is 94.5 Å². The van der Waals surface area contributed by atoms with E-state index < -0.39 is 0 Å². The molecule has 3 nitrogen and oxygen atoms in total. The fourth-order valence-electron chi connectivity index (χ4n) is 6.56. The first-order valence-electron chi connectivity index (χ1n) is 19.6. The Labute approximate surface area is 269 Å². The van der Waals surface area contributed by atoms with Crippen molar-refractivity contribution in [3.05, 3.63) is 0 Å². The summed E-state index contributed by atoms with van der Waals surface area (Å²) < 4.78 is 3.70. The van der Waals surface area contributed by atoms with E-state index in [1.165, 1.54) is 213 Å². The standard InChI is InChI=1S/C39H86N3/c1-9-12-15-18-21-24-27-30-33-40(4,5)36-38-42(8,35-32-29-26-23-20-17-14-11-3)39-37-41(6,7)34-31-28-25-22-19-16-13-10-2/h9-39H2,1-8H3/q+3. The van der Waals surface area contributed by atoms with E-state index in [1.807, 2.05) is 0 Å². The third-order valence-electron chi connectivity index (χ3n) is 10.3. The zero-order chi connectivity index (χ0) is 31.4. The Bertz CT molecular complexity index is 520. The lowest BCUT2D eigenvalue weighted by atomic mass is 10.1. The summed E-state index contributed by atoms with van der Waals surface area (Å²) in [7, 11) is 12.6. The van der Waals surface area contributed by atoms with Crippen molar-refractivity contribution in [2.75, 3.05) is 81.1 Å². The molecule has 3 heteroatoms. The summed E-state index contributed by atoms with van der Waals surface area (Å²) in [5.74, 6) is 0. The summed E-state index contributed by atoms with van der Waals surface area (Å²) in [6, 6.07) is 0. The van der Waals surface area contributed by atoms with Crippen LogP contribution >= 0.6 is 0 Å². The van der Waals surface area contributed by atoms with Gasteiger partial charge in [-0.05, 0) is 38.5 Å². The molecule has 0 fully saturated rings. The number of rotatable bonds is 33. The summed E-state index contributed by atoms with van der Waals surface area (Å²) in [5, 5.41) is 0. The highest BCUT2D eigenvalue weighted by Crippen LogP contribution is 2.16. The number of likely N-dealkylation sites (N-methyl/N-ethyl adjacent to an activating group) is 3. The van der Waals surface area contributed by atoms with E-state index in [1.54, 1.807) is 0 Å². The van der Waals surface area contributed by atoms with Gasteiger partial charge in [0.05, 0.1) is 54.9 Å². The summed E-state index contributed by atoms with van der Waals surface area (Å²) in [4.78, 5) is 0. The Morgan fingerprint density at radius 2 is 0.476 bits per heavy atom. The first-order chi connectivity index (χ1) is 20.1. The number of nitrogens with zero attached hydrogens (tertiary/aromatic N) is 3. The number of hydrogen-bond acceptors (Lipinski definition) is 0. The van der Waals surface area contributed by atoms with Crippen LogP contribution < -0.4 is 0 Å². The van der Waals surface area contributed by atoms with Gasteiger partial charge < -0.3 is 13.4 Å². The average Bonchev–Trinajstić information content (AvgIpc) is 2.95. The Kier molecular flexibility index (Phi) is 27.1. The molecule has 0 unspecified atom stereocenters. The minimum Gasteiger partial charge on any atom is -0.324 e. The minimum atomic E-state index is 1.21. The van der Waals surface area contributed by atoms with Crippen molar-refractivity contribution < 1.29 is 13.4 Å². The molecule has 0 radical (unpaired) electrons. The molecular weight excluding hydrogens is 510 g/mol. The fourth-order valence-corrected chi connectivity index (χ4v) is 6.56. The quantitative estimate of drug-likeness (QED) is 0.0522. The second kappa shape index (κ2) is 27.2. The molecular formula is C39H86N3+3. The van der Waals surface area contributed by atoms with Crippen molar-refractivity contribution in [1.29, 1.82) is 0 Å². The van der Waals surface area contributed by atoms with Gasteiger partial charge in [-0.2, -0.15) is 0 Å². The minimum absolute atomic E-state index is 1.21. The molecule has 0 spiro atoms. The molecule has 0 aromatic rings. The van der Waals surface area contributed by atoms with Gasteiger partial charge in [0, 0.05) is 0 Å². The molecule has 254 valence electrons. The Balaban J connectivity index is 4.64. The van der Waals surface area contributed by atoms with Gasteiger partial charge in [0.25, 0.3) is 0 Å². The monoisotopic (exact) mass is 597 g/mol. The molecule has 0 aromatic heterocycles. The summed E-state index contributed by atoms with van der Waals surface area (Å²) in [6.45, 7) is 16.4. The molecule has 0 N–H and O–H groups in total. The normalized spacial score (nSPS) is 12.9. The van der Waals surface area contributed by atoms with E-state index in [-0.39, 0.29) is 0 Å². The van der Waals surface area contributed by atoms with Gasteiger partial charge in [0.15, 0.2) is 0 Å². The van der Waals surface area contributed by atoms with Gasteiger partial charge in [-0.25, -0.2) is 0 Å². The summed E-state index contributed by atoms with van der Waals surface area (Å²) >= 11 is 0. The Morgan fingerprint density at radius 1 is 0.238 bits per heavy atom. The molecule has 0 saturated heterocycles. The van der Waals surface area contributed by atoms with Crippen LogP contribution in [0.2, 0.25) is 0 Å². The van der Waals surface area contributed by atoms with Crippen molar-refractivity contribution in [3.8, 4) is 0 Å². The van der Waals surface area contributed by atoms with Crippen LogP contribution in [-0.2, 0) is 0 Å². The highest BCUT2D eigenvalue weighted by molar-refractivity contribution is 4.51. The average molecular weight is 597 g/mol. The molecule has 42 heavy (non-hydrogen) atoms. The molecule has 0 heterocycles. The fraction of sp³-hybridized carbons (Fsp3) is 1.00. The molecule has 0 aliphatic rings. The highest BCUT2D eigenvalue weighted by Gasteiger charge is 2.29. The van der Waals surface area contributed by atoms with Gasteiger partial charge in [-0.1, -0.05) is 136 Å². The molecule has 0 amide bonds. The van der Waals surface area contributed by atoms with E-state index in [2.05, 4.69) is 56.0 Å². The van der Waals surface area contributed by atoms with Crippen LogP contribution in [0.1, 0.15) is 175 Å². The molecule has 0 aliphatic carbocycles. The topological polar surface area (TPSA) is 0 Å². The lowest BCUT2D eigenvalue weighted by Gasteiger charge is -2.40. The smallest absolute Gasteiger partial charge is 0.128 e. The van der Waals surface area contributed by atoms with Gasteiger partial charge >= 0.3 is 0 Å². The van der Waals surface area contributed by atoms with Crippen molar-refractivity contribution in [3.63, 3.8) is 0 Å². The van der Waals surface area contributed by atoms with E-state index >= 15 is 0 Å². The lowest BCUT2D eigenvalue weighted by molar-refractivity contribution is -0.977. The van der Waals surface area contributed by atoms with Gasteiger partial charge in [0.1, 0.15) is 26.2 Å². The van der Waals surface area contributed by atoms with Gasteiger partial charge in [0.2, 0.25) is 0 Å². The van der Waals surface area contributed by atoms with Crippen LogP contribution in [0.25, 0.3) is 0 Å². The van der Waals surface area contributed by atoms with Crippen molar-refractivity contribution in [1.82, 2.24) is 0 Å². The predicted molar refractivity (Wildman–Crippen MR) is 192 cm³/mol. The Morgan fingerprint density at radius 3 is 0.762 bits per heavy atom. The van der Waals surface area contributed by atoms with Crippen molar-refractivity contribution in [2.45, 2.75) is 175 Å². The van der Waals surface area contributed by atoms with Crippen LogP contribution in [0.15, 0.2) is 0 Å². The maximum absolute atomic E-state index is 2.61. The molecule has 0 aliphatic heterocycles. The van der Waals surface area contributed by atoms with E-state index in [4.69, 9.17) is 0 Å². The second-order valence-electron chi connectivity index (χ2n) is 16.0. The first kappa shape index (κ1) is 41.9. The SMILES string of the molecule is CCCCCCCCCC[N+](C)(C)CC[N+](C)(CCCCCCCCCC)CC[N+](C)(C)CCCCCCCCCC. The lowest BCUT2D eigenvalue weighted by Crippen LogP contribution is -2.57. The maximum Gasteiger partial charge on any atom is 0.128 e. The van der Waals surface area contributed by atoms with Gasteiger partial charge in [-0.15, -0.1) is 0 Å². The zero-order valence-corrected chi connectivity index (χ0v) is 31.3. The molecule has 0 aromatic carbocycles. The van der Waals surface area contributed by atoms with E-state index in [0.29, 0.717) is 0 Å². The van der Waals surface area contributed by atoms with Crippen LogP contribution in [0.5, 0.6) is 0 Å². The first-order valence-corrected chi connectivity index (χ1v) is 19.6. The van der Waals surface area contributed by atoms with Crippen LogP contribution in [0.4, 0.5) is 0 Å². The molecule has 0 atom stereocenters. The van der Waals surface area contributed by atoms with Crippen LogP contribution in [0.3, 0.4) is 0 Å². The third kappa shape index (κ3) is 27.4.